The number of hydrogen-bond acceptors (Lipinski definition) is 2. The number of rotatable bonds is 6. The molecule has 5 heteroatoms. The highest BCUT2D eigenvalue weighted by atomic mass is 32.2. The molecule has 0 bridgehead atoms. The minimum absolute atomic E-state index is 0.0980. The van der Waals surface area contributed by atoms with E-state index in [0.717, 1.165) is 6.42 Å². The molecule has 0 heterocycles. The first-order chi connectivity index (χ1) is 9.65. The van der Waals surface area contributed by atoms with Gasteiger partial charge in [0.2, 0.25) is 0 Å². The van der Waals surface area contributed by atoms with E-state index in [0.29, 0.717) is 22.8 Å². The summed E-state index contributed by atoms with van der Waals surface area (Å²) < 4.78 is 39.8. The third kappa shape index (κ3) is 5.55. The van der Waals surface area contributed by atoms with E-state index < -0.39 is 11.7 Å². The molecule has 21 heavy (non-hydrogen) atoms. The van der Waals surface area contributed by atoms with Crippen molar-refractivity contribution in [2.75, 3.05) is 0 Å². The van der Waals surface area contributed by atoms with Crippen LogP contribution in [0.3, 0.4) is 0 Å². The fraction of sp³-hybridized carbons (Fsp3) is 0.625. The van der Waals surface area contributed by atoms with Gasteiger partial charge in [-0.25, -0.2) is 0 Å². The topological polar surface area (TPSA) is 26.0 Å². The van der Waals surface area contributed by atoms with Gasteiger partial charge in [0.05, 0.1) is 5.56 Å². The standard InChI is InChI=1S/C16H24F3NS/c1-5-13(20)8-12-6-7-15(21-11(4)10(2)3)14(9-12)16(17,18)19/h6-7,9-11,13H,5,8,20H2,1-4H3. The van der Waals surface area contributed by atoms with E-state index in [1.165, 1.54) is 17.8 Å². The number of hydrogen-bond donors (Lipinski definition) is 1. The molecule has 1 rings (SSSR count). The molecule has 0 fully saturated rings. The third-order valence-electron chi connectivity index (χ3n) is 3.62. The molecule has 1 aromatic carbocycles. The highest BCUT2D eigenvalue weighted by Gasteiger charge is 2.34. The molecule has 1 nitrogen and oxygen atoms in total. The molecule has 2 N–H and O–H groups in total. The predicted molar refractivity (Wildman–Crippen MR) is 83.6 cm³/mol. The Morgan fingerprint density at radius 3 is 2.29 bits per heavy atom. The van der Waals surface area contributed by atoms with Crippen LogP contribution in [0.2, 0.25) is 0 Å². The smallest absolute Gasteiger partial charge is 0.327 e. The van der Waals surface area contributed by atoms with Gasteiger partial charge in [0, 0.05) is 16.2 Å². The van der Waals surface area contributed by atoms with Crippen LogP contribution in [0.15, 0.2) is 23.1 Å². The van der Waals surface area contributed by atoms with Crippen LogP contribution in [0.5, 0.6) is 0 Å². The maximum absolute atomic E-state index is 13.3. The van der Waals surface area contributed by atoms with Crippen LogP contribution in [0.4, 0.5) is 13.2 Å². The van der Waals surface area contributed by atoms with Gasteiger partial charge in [0.15, 0.2) is 0 Å². The second-order valence-electron chi connectivity index (χ2n) is 5.77. The lowest BCUT2D eigenvalue weighted by atomic mass is 10.0. The summed E-state index contributed by atoms with van der Waals surface area (Å²) in [5.41, 5.74) is 5.95. The average Bonchev–Trinajstić information content (AvgIpc) is 2.38. The Bertz CT molecular complexity index is 457. The van der Waals surface area contributed by atoms with Crippen molar-refractivity contribution in [3.05, 3.63) is 29.3 Å². The van der Waals surface area contributed by atoms with Crippen LogP contribution < -0.4 is 5.73 Å². The van der Waals surface area contributed by atoms with Crippen molar-refractivity contribution in [1.29, 1.82) is 0 Å². The fourth-order valence-corrected chi connectivity index (χ4v) is 2.93. The van der Waals surface area contributed by atoms with Crippen LogP contribution in [-0.4, -0.2) is 11.3 Å². The van der Waals surface area contributed by atoms with Gasteiger partial charge in [-0.1, -0.05) is 33.8 Å². The van der Waals surface area contributed by atoms with Gasteiger partial charge in [0.25, 0.3) is 0 Å². The average molecular weight is 319 g/mol. The maximum atomic E-state index is 13.3. The van der Waals surface area contributed by atoms with E-state index in [-0.39, 0.29) is 11.3 Å². The van der Waals surface area contributed by atoms with Gasteiger partial charge in [-0.15, -0.1) is 11.8 Å². The fourth-order valence-electron chi connectivity index (χ4n) is 1.81. The van der Waals surface area contributed by atoms with Crippen molar-refractivity contribution in [3.8, 4) is 0 Å². The van der Waals surface area contributed by atoms with Crippen molar-refractivity contribution in [2.24, 2.45) is 11.7 Å². The monoisotopic (exact) mass is 319 g/mol. The van der Waals surface area contributed by atoms with Crippen molar-refractivity contribution in [2.45, 2.75) is 62.9 Å². The Morgan fingerprint density at radius 1 is 1.19 bits per heavy atom. The molecule has 2 unspecified atom stereocenters. The molecule has 1 aromatic rings. The molecule has 0 aliphatic rings. The van der Waals surface area contributed by atoms with Crippen molar-refractivity contribution in [1.82, 2.24) is 0 Å². The van der Waals surface area contributed by atoms with Gasteiger partial charge in [-0.2, -0.15) is 13.2 Å². The van der Waals surface area contributed by atoms with Gasteiger partial charge < -0.3 is 5.73 Å². The van der Waals surface area contributed by atoms with Crippen LogP contribution in [0, 0.1) is 5.92 Å². The lowest BCUT2D eigenvalue weighted by Crippen LogP contribution is -2.21. The lowest BCUT2D eigenvalue weighted by molar-refractivity contribution is -0.139. The third-order valence-corrected chi connectivity index (χ3v) is 5.15. The van der Waals surface area contributed by atoms with Crippen LogP contribution in [0.25, 0.3) is 0 Å². The Kier molecular flexibility index (Phi) is 6.60. The normalized spacial score (nSPS) is 15.3. The van der Waals surface area contributed by atoms with Gasteiger partial charge in [-0.3, -0.25) is 0 Å². The quantitative estimate of drug-likeness (QED) is 0.736. The summed E-state index contributed by atoms with van der Waals surface area (Å²) in [7, 11) is 0. The number of nitrogens with two attached hydrogens (primary N) is 1. The largest absolute Gasteiger partial charge is 0.417 e. The second kappa shape index (κ2) is 7.54. The van der Waals surface area contributed by atoms with Gasteiger partial charge >= 0.3 is 6.18 Å². The van der Waals surface area contributed by atoms with Crippen LogP contribution in [0.1, 0.15) is 45.2 Å². The summed E-state index contributed by atoms with van der Waals surface area (Å²) in [6, 6.07) is 4.51. The first kappa shape index (κ1) is 18.4. The number of halogens is 3. The van der Waals surface area contributed by atoms with Gasteiger partial charge in [-0.05, 0) is 36.5 Å². The summed E-state index contributed by atoms with van der Waals surface area (Å²) in [5, 5.41) is 0.134. The molecule has 0 amide bonds. The van der Waals surface area contributed by atoms with Crippen molar-refractivity contribution >= 4 is 11.8 Å². The zero-order chi connectivity index (χ0) is 16.2. The molecule has 0 radical (unpaired) electrons. The molecule has 0 aromatic heterocycles. The summed E-state index contributed by atoms with van der Waals surface area (Å²) in [6.07, 6.45) is -3.10. The zero-order valence-electron chi connectivity index (χ0n) is 13.0. The lowest BCUT2D eigenvalue weighted by Gasteiger charge is -2.20. The van der Waals surface area contributed by atoms with E-state index in [4.69, 9.17) is 5.73 Å². The Balaban J connectivity index is 3.08. The Labute approximate surface area is 129 Å². The first-order valence-electron chi connectivity index (χ1n) is 7.27. The number of alkyl halides is 3. The van der Waals surface area contributed by atoms with E-state index in [1.54, 1.807) is 12.1 Å². The molecule has 2 atom stereocenters. The molecule has 0 saturated heterocycles. The highest BCUT2D eigenvalue weighted by molar-refractivity contribution is 8.00. The van der Waals surface area contributed by atoms with Crippen LogP contribution >= 0.6 is 11.8 Å². The molecular weight excluding hydrogens is 295 g/mol. The summed E-state index contributed by atoms with van der Waals surface area (Å²) in [4.78, 5) is 0.303. The highest BCUT2D eigenvalue weighted by Crippen LogP contribution is 2.40. The SMILES string of the molecule is CCC(N)Cc1ccc(SC(C)C(C)C)c(C(F)(F)F)c1. The predicted octanol–water partition coefficient (Wildman–Crippen LogP) is 5.12. The van der Waals surface area contributed by atoms with E-state index in [2.05, 4.69) is 0 Å². The van der Waals surface area contributed by atoms with Crippen molar-refractivity contribution < 1.29 is 13.2 Å². The Hall–Kier alpha value is -0.680. The molecule has 120 valence electrons. The Morgan fingerprint density at radius 2 is 1.81 bits per heavy atom. The van der Waals surface area contributed by atoms with E-state index in [9.17, 15) is 13.2 Å². The number of benzene rings is 1. The number of thioether (sulfide) groups is 1. The minimum atomic E-state index is -4.33. The summed E-state index contributed by atoms with van der Waals surface area (Å²) >= 11 is 1.29. The summed E-state index contributed by atoms with van der Waals surface area (Å²) in [5.74, 6) is 0.323. The molecular formula is C16H24F3NS. The molecule has 0 aliphatic carbocycles. The van der Waals surface area contributed by atoms with E-state index in [1.807, 2.05) is 27.7 Å². The second-order valence-corrected chi connectivity index (χ2v) is 7.19. The van der Waals surface area contributed by atoms with E-state index >= 15 is 0 Å². The minimum Gasteiger partial charge on any atom is -0.327 e. The van der Waals surface area contributed by atoms with Gasteiger partial charge in [0.1, 0.15) is 0 Å². The molecule has 0 aliphatic heterocycles. The summed E-state index contributed by atoms with van der Waals surface area (Å²) in [6.45, 7) is 7.92. The zero-order valence-corrected chi connectivity index (χ0v) is 13.8. The maximum Gasteiger partial charge on any atom is 0.417 e. The molecule has 0 spiro atoms. The molecule has 0 saturated carbocycles. The van der Waals surface area contributed by atoms with Crippen LogP contribution in [-0.2, 0) is 12.6 Å². The van der Waals surface area contributed by atoms with Crippen molar-refractivity contribution in [3.63, 3.8) is 0 Å². The first-order valence-corrected chi connectivity index (χ1v) is 8.15.